The van der Waals surface area contributed by atoms with E-state index in [1.54, 1.807) is 6.07 Å². The molecule has 23 heavy (non-hydrogen) atoms. The van der Waals surface area contributed by atoms with Gasteiger partial charge in [0.1, 0.15) is 0 Å². The molecule has 0 spiro atoms. The average molecular weight is 359 g/mol. The van der Waals surface area contributed by atoms with Crippen LogP contribution in [0.5, 0.6) is 0 Å². The molecule has 1 atom stereocenters. The molecule has 0 radical (unpaired) electrons. The lowest BCUT2D eigenvalue weighted by atomic mass is 10.2. The monoisotopic (exact) mass is 359 g/mol. The van der Waals surface area contributed by atoms with Gasteiger partial charge in [0.15, 0.2) is 19.7 Å². The van der Waals surface area contributed by atoms with E-state index >= 15 is 0 Å². The highest BCUT2D eigenvalue weighted by molar-refractivity contribution is 7.96. The third-order valence-corrected chi connectivity index (χ3v) is 7.90. The molecule has 1 aromatic carbocycles. The highest BCUT2D eigenvalue weighted by Crippen LogP contribution is 2.25. The number of hydrogen-bond donors (Lipinski definition) is 1. The van der Waals surface area contributed by atoms with Gasteiger partial charge >= 0.3 is 0 Å². The van der Waals surface area contributed by atoms with Gasteiger partial charge < -0.3 is 5.32 Å². The van der Waals surface area contributed by atoms with Crippen molar-refractivity contribution < 1.29 is 21.6 Å². The quantitative estimate of drug-likeness (QED) is 0.847. The van der Waals surface area contributed by atoms with Crippen LogP contribution in [0.2, 0.25) is 0 Å². The summed E-state index contributed by atoms with van der Waals surface area (Å²) in [6, 6.07) is 5.76. The molecule has 1 heterocycles. The normalized spacial score (nSPS) is 20.6. The maximum Gasteiger partial charge on any atom is 0.251 e. The molecule has 1 saturated heterocycles. The predicted molar refractivity (Wildman–Crippen MR) is 87.9 cm³/mol. The van der Waals surface area contributed by atoms with Gasteiger partial charge in [-0.15, -0.1) is 0 Å². The fourth-order valence-corrected chi connectivity index (χ4v) is 6.82. The summed E-state index contributed by atoms with van der Waals surface area (Å²) in [5.74, 6) is -0.505. The first-order valence-electron chi connectivity index (χ1n) is 7.44. The van der Waals surface area contributed by atoms with Crippen LogP contribution in [0, 0.1) is 5.92 Å². The van der Waals surface area contributed by atoms with Crippen molar-refractivity contribution in [1.29, 1.82) is 0 Å². The molecule has 0 saturated carbocycles. The number of carbonyl (C=O) groups excluding carboxylic acids is 1. The Labute approximate surface area is 137 Å². The van der Waals surface area contributed by atoms with Crippen LogP contribution in [-0.2, 0) is 19.7 Å². The highest BCUT2D eigenvalue weighted by atomic mass is 32.2. The fraction of sp³-hybridized carbons (Fsp3) is 0.533. The minimum absolute atomic E-state index is 0.00297. The molecule has 2 rings (SSSR count). The van der Waals surface area contributed by atoms with Crippen LogP contribution in [0.4, 0.5) is 0 Å². The summed E-state index contributed by atoms with van der Waals surface area (Å²) in [7, 11) is -7.05. The van der Waals surface area contributed by atoms with E-state index in [9.17, 15) is 21.6 Å². The van der Waals surface area contributed by atoms with Gasteiger partial charge in [0, 0.05) is 12.1 Å². The zero-order valence-corrected chi connectivity index (χ0v) is 14.8. The number of nitrogens with one attached hydrogen (secondary N) is 1. The largest absolute Gasteiger partial charge is 0.352 e. The highest BCUT2D eigenvalue weighted by Gasteiger charge is 2.38. The summed E-state index contributed by atoms with van der Waals surface area (Å²) in [6.07, 6.45) is 0.106. The third kappa shape index (κ3) is 4.32. The lowest BCUT2D eigenvalue weighted by molar-refractivity contribution is 0.0949. The SMILES string of the molecule is CC(C)CNC(=O)c1cccc(S(=O)(=O)C2CCS(=O)(=O)C2)c1. The van der Waals surface area contributed by atoms with Crippen LogP contribution in [0.3, 0.4) is 0 Å². The maximum absolute atomic E-state index is 12.6. The zero-order chi connectivity index (χ0) is 17.3. The van der Waals surface area contributed by atoms with Crippen molar-refractivity contribution in [1.82, 2.24) is 5.32 Å². The van der Waals surface area contributed by atoms with Crippen molar-refractivity contribution in [2.45, 2.75) is 30.4 Å². The smallest absolute Gasteiger partial charge is 0.251 e. The van der Waals surface area contributed by atoms with Crippen molar-refractivity contribution in [2.75, 3.05) is 18.1 Å². The molecular formula is C15H21NO5S2. The van der Waals surface area contributed by atoms with E-state index in [-0.39, 0.29) is 40.2 Å². The third-order valence-electron chi connectivity index (χ3n) is 3.73. The number of sulfone groups is 2. The molecule has 0 aliphatic carbocycles. The standard InChI is InChI=1S/C15H21NO5S2/c1-11(2)9-16-15(17)12-4-3-5-13(8-12)23(20,21)14-6-7-22(18,19)10-14/h3-5,8,11,14H,6-7,9-10H2,1-2H3,(H,16,17). The first-order chi connectivity index (χ1) is 10.6. The van der Waals surface area contributed by atoms with Gasteiger partial charge in [-0.25, -0.2) is 16.8 Å². The van der Waals surface area contributed by atoms with E-state index in [2.05, 4.69) is 5.32 Å². The molecule has 1 unspecified atom stereocenters. The second kappa shape index (κ2) is 6.60. The Morgan fingerprint density at radius 1 is 1.35 bits per heavy atom. The number of carbonyl (C=O) groups is 1. The zero-order valence-electron chi connectivity index (χ0n) is 13.2. The van der Waals surface area contributed by atoms with E-state index in [1.165, 1.54) is 18.2 Å². The van der Waals surface area contributed by atoms with Gasteiger partial charge in [-0.1, -0.05) is 19.9 Å². The first-order valence-corrected chi connectivity index (χ1v) is 10.8. The number of benzene rings is 1. The molecule has 0 aromatic heterocycles. The minimum Gasteiger partial charge on any atom is -0.352 e. The molecule has 6 nitrogen and oxygen atoms in total. The van der Waals surface area contributed by atoms with Crippen LogP contribution in [0.15, 0.2) is 29.2 Å². The van der Waals surface area contributed by atoms with E-state index in [0.717, 1.165) is 0 Å². The van der Waals surface area contributed by atoms with Crippen molar-refractivity contribution in [3.05, 3.63) is 29.8 Å². The van der Waals surface area contributed by atoms with Gasteiger partial charge in [0.25, 0.3) is 5.91 Å². The Kier molecular flexibility index (Phi) is 5.15. The Bertz CT molecular complexity index is 797. The molecule has 1 fully saturated rings. The second-order valence-corrected chi connectivity index (χ2v) is 10.7. The van der Waals surface area contributed by atoms with Crippen molar-refractivity contribution >= 4 is 25.6 Å². The summed E-state index contributed by atoms with van der Waals surface area (Å²) in [6.45, 7) is 4.42. The molecule has 1 N–H and O–H groups in total. The van der Waals surface area contributed by atoms with E-state index in [1.807, 2.05) is 13.8 Å². The van der Waals surface area contributed by atoms with Crippen molar-refractivity contribution in [3.63, 3.8) is 0 Å². The van der Waals surface area contributed by atoms with Crippen molar-refractivity contribution in [3.8, 4) is 0 Å². The fourth-order valence-electron chi connectivity index (χ4n) is 2.41. The first kappa shape index (κ1) is 17.9. The molecule has 1 aliphatic rings. The van der Waals surface area contributed by atoms with Gasteiger partial charge in [-0.2, -0.15) is 0 Å². The van der Waals surface area contributed by atoms with Crippen LogP contribution in [-0.4, -0.2) is 46.0 Å². The molecule has 1 aliphatic heterocycles. The van der Waals surface area contributed by atoms with Gasteiger partial charge in [-0.3, -0.25) is 4.79 Å². The molecule has 0 bridgehead atoms. The van der Waals surface area contributed by atoms with Gasteiger partial charge in [0.2, 0.25) is 0 Å². The van der Waals surface area contributed by atoms with Gasteiger partial charge in [0.05, 0.1) is 21.7 Å². The Balaban J connectivity index is 2.24. The maximum atomic E-state index is 12.6. The van der Waals surface area contributed by atoms with Gasteiger partial charge in [-0.05, 0) is 30.5 Å². The topological polar surface area (TPSA) is 97.4 Å². The number of amides is 1. The van der Waals surface area contributed by atoms with Crippen LogP contribution < -0.4 is 5.32 Å². The Morgan fingerprint density at radius 2 is 2.04 bits per heavy atom. The van der Waals surface area contributed by atoms with Crippen molar-refractivity contribution in [2.24, 2.45) is 5.92 Å². The molecule has 1 aromatic rings. The lowest BCUT2D eigenvalue weighted by Gasteiger charge is -2.12. The van der Waals surface area contributed by atoms with E-state index in [0.29, 0.717) is 6.54 Å². The van der Waals surface area contributed by atoms with E-state index in [4.69, 9.17) is 0 Å². The summed E-state index contributed by atoms with van der Waals surface area (Å²) < 4.78 is 48.2. The Hall–Kier alpha value is -1.41. The number of rotatable bonds is 5. The summed E-state index contributed by atoms with van der Waals surface area (Å²) in [4.78, 5) is 12.0. The number of hydrogen-bond acceptors (Lipinski definition) is 5. The van der Waals surface area contributed by atoms with Crippen LogP contribution in [0.25, 0.3) is 0 Å². The van der Waals surface area contributed by atoms with Crippen LogP contribution >= 0.6 is 0 Å². The molecule has 8 heteroatoms. The lowest BCUT2D eigenvalue weighted by Crippen LogP contribution is -2.28. The molecule has 1 amide bonds. The summed E-state index contributed by atoms with van der Waals surface area (Å²) in [5, 5.41) is 1.80. The van der Waals surface area contributed by atoms with Crippen LogP contribution in [0.1, 0.15) is 30.6 Å². The van der Waals surface area contributed by atoms with E-state index < -0.39 is 24.9 Å². The minimum atomic E-state index is -3.76. The summed E-state index contributed by atoms with van der Waals surface area (Å²) in [5.41, 5.74) is 0.257. The average Bonchev–Trinajstić information content (AvgIpc) is 2.85. The summed E-state index contributed by atoms with van der Waals surface area (Å²) >= 11 is 0. The second-order valence-electron chi connectivity index (χ2n) is 6.20. The Morgan fingerprint density at radius 3 is 2.61 bits per heavy atom. The molecular weight excluding hydrogens is 338 g/mol. The predicted octanol–water partition coefficient (Wildman–Crippen LogP) is 1.03. The molecule has 128 valence electrons.